The van der Waals surface area contributed by atoms with E-state index in [1.54, 1.807) is 183 Å². The topological polar surface area (TPSA) is 389 Å². The van der Waals surface area contributed by atoms with Gasteiger partial charge in [-0.2, -0.15) is 0 Å². The molecule has 2 fully saturated rings. The van der Waals surface area contributed by atoms with Crippen molar-refractivity contribution < 1.29 is 63.6 Å². The van der Waals surface area contributed by atoms with E-state index in [1.807, 2.05) is 170 Å². The molecule has 137 heavy (non-hydrogen) atoms. The van der Waals surface area contributed by atoms with Crippen molar-refractivity contribution in [1.29, 1.82) is 0 Å². The average molecular weight is 1910 g/mol. The minimum atomic E-state index is -1.73. The molecule has 11 rings (SSSR count). The minimum absolute atomic E-state index is 0.0456. The SMILES string of the molecule is CC(C)C(=O)C(N)C(C)(C)C.CC(C)C(=O)C(N)C1CCCCC1.CC(C)C(=O)C(N)CC(C)(C)C.CC(C)C(=O)C(O)(c1ccccc1)c1ccccc1.CC(C)C(=O)C(O)(c1ccccc1)c1ccccn1.CC(C)C(=O)C(O)(c1cccnc1)c1cccc(Cl)c1.CC(C)C(=O)C1(O)c2ccccc2-c2cccnc21.CC(C)C(=O)C1NCCC1C(C)C.CCC(C)C(N)C(=O)C(C)C. The van der Waals surface area contributed by atoms with Crippen molar-refractivity contribution in [3.63, 3.8) is 0 Å². The van der Waals surface area contributed by atoms with Gasteiger partial charge in [0.05, 0.1) is 41.6 Å². The normalized spacial score (nSPS) is 17.1. The molecule has 1 aliphatic heterocycles. The van der Waals surface area contributed by atoms with Crippen LogP contribution in [0.2, 0.25) is 5.02 Å². The molecule has 4 heterocycles. The number of carbonyl (C=O) groups is 9. The molecule has 3 aromatic heterocycles. The summed E-state index contributed by atoms with van der Waals surface area (Å²) in [7, 11) is 0. The van der Waals surface area contributed by atoms with Crippen molar-refractivity contribution in [2.45, 2.75) is 298 Å². The summed E-state index contributed by atoms with van der Waals surface area (Å²) < 4.78 is 0. The van der Waals surface area contributed by atoms with Crippen molar-refractivity contribution in [3.05, 3.63) is 257 Å². The van der Waals surface area contributed by atoms with Crippen molar-refractivity contribution >= 4 is 63.7 Å². The molecular weight excluding hydrogens is 1740 g/mol. The van der Waals surface area contributed by atoms with Gasteiger partial charge in [0, 0.05) is 99.8 Å². The number of pyridine rings is 3. The monoisotopic (exact) mass is 1900 g/mol. The van der Waals surface area contributed by atoms with Gasteiger partial charge in [0.25, 0.3) is 0 Å². The Labute approximate surface area is 825 Å². The molecule has 752 valence electrons. The number of halogens is 1. The van der Waals surface area contributed by atoms with E-state index in [0.29, 0.717) is 79.2 Å². The number of ketones is 9. The summed E-state index contributed by atoms with van der Waals surface area (Å²) in [6, 6.07) is 52.7. The highest BCUT2D eigenvalue weighted by atomic mass is 35.5. The van der Waals surface area contributed by atoms with E-state index in [0.717, 1.165) is 49.8 Å². The number of fused-ring (bicyclic) bond motifs is 3. The molecule has 10 atom stereocenters. The Kier molecular flexibility index (Phi) is 50.3. The smallest absolute Gasteiger partial charge is 0.192 e. The highest BCUT2D eigenvalue weighted by molar-refractivity contribution is 6.30. The molecule has 1 saturated carbocycles. The Morgan fingerprint density at radius 3 is 1.28 bits per heavy atom. The van der Waals surface area contributed by atoms with Gasteiger partial charge in [-0.3, -0.25) is 58.1 Å². The third kappa shape index (κ3) is 34.8. The molecule has 13 N–H and O–H groups in total. The van der Waals surface area contributed by atoms with Crippen molar-refractivity contribution in [2.75, 3.05) is 6.54 Å². The Balaban J connectivity index is 0.000000401. The molecule has 0 radical (unpaired) electrons. The first-order valence-electron chi connectivity index (χ1n) is 49.1. The maximum Gasteiger partial charge on any atom is 0.192 e. The number of carbonyl (C=O) groups excluding carboxylic acids is 9. The maximum atomic E-state index is 12.6. The lowest BCUT2D eigenvalue weighted by Crippen LogP contribution is -2.44. The third-order valence-corrected chi connectivity index (χ3v) is 25.2. The maximum absolute atomic E-state index is 12.6. The zero-order chi connectivity index (χ0) is 104. The lowest BCUT2D eigenvalue weighted by molar-refractivity contribution is -0.138. The summed E-state index contributed by atoms with van der Waals surface area (Å²) in [5, 5.41) is 47.9. The van der Waals surface area contributed by atoms with E-state index >= 15 is 0 Å². The number of nitrogens with one attached hydrogen (secondary N) is 1. The molecule has 0 spiro atoms. The third-order valence-electron chi connectivity index (χ3n) is 25.0. The zero-order valence-corrected chi connectivity index (χ0v) is 88.1. The van der Waals surface area contributed by atoms with Crippen molar-refractivity contribution in [1.82, 2.24) is 20.3 Å². The molecular formula is C115H167ClN8O13. The molecule has 22 heteroatoms. The Morgan fingerprint density at radius 2 is 0.876 bits per heavy atom. The first-order valence-corrected chi connectivity index (χ1v) is 49.5. The molecule has 0 bridgehead atoms. The number of hydrogen-bond acceptors (Lipinski definition) is 21. The van der Waals surface area contributed by atoms with Gasteiger partial charge in [-0.05, 0) is 131 Å². The van der Waals surface area contributed by atoms with Crippen LogP contribution < -0.4 is 28.3 Å². The lowest BCUT2D eigenvalue weighted by atomic mass is 9.79. The van der Waals surface area contributed by atoms with Crippen LogP contribution in [-0.4, -0.2) is 124 Å². The molecule has 21 nitrogen and oxygen atoms in total. The Bertz CT molecular complexity index is 4770. The number of aromatic nitrogens is 3. The highest BCUT2D eigenvalue weighted by Gasteiger charge is 2.50. The quantitative estimate of drug-likeness (QED) is 0.0210. The van der Waals surface area contributed by atoms with Crippen LogP contribution in [-0.2, 0) is 65.6 Å². The van der Waals surface area contributed by atoms with Gasteiger partial charge in [0.1, 0.15) is 0 Å². The summed E-state index contributed by atoms with van der Waals surface area (Å²) in [4.78, 5) is 120. The Morgan fingerprint density at radius 1 is 0.445 bits per heavy atom. The number of nitrogens with zero attached hydrogens (tertiary/aromatic N) is 3. The predicted octanol–water partition coefficient (Wildman–Crippen LogP) is 20.5. The minimum Gasteiger partial charge on any atom is -0.373 e. The van der Waals surface area contributed by atoms with Crippen LogP contribution in [0.5, 0.6) is 0 Å². The number of Topliss-reactive ketones (excluding diaryl/α,β-unsaturated/α-hetero) is 9. The fourth-order valence-corrected chi connectivity index (χ4v) is 16.5. The van der Waals surface area contributed by atoms with Gasteiger partial charge in [0.2, 0.25) is 0 Å². The summed E-state index contributed by atoms with van der Waals surface area (Å²) in [5.41, 5.74) is 22.5. The molecule has 1 saturated heterocycles. The fraction of sp³-hybridized carbons (Fsp3) is 0.530. The predicted molar refractivity (Wildman–Crippen MR) is 556 cm³/mol. The number of aliphatic hydroxyl groups is 4. The second kappa shape index (κ2) is 56.7. The number of rotatable bonds is 29. The number of benzene rings is 5. The molecule has 5 aromatic carbocycles. The lowest BCUT2D eigenvalue weighted by Gasteiger charge is -2.29. The van der Waals surface area contributed by atoms with Crippen LogP contribution in [0.25, 0.3) is 11.1 Å². The van der Waals surface area contributed by atoms with Crippen LogP contribution >= 0.6 is 11.6 Å². The first-order chi connectivity index (χ1) is 63.8. The van der Waals surface area contributed by atoms with E-state index in [-0.39, 0.29) is 141 Å². The van der Waals surface area contributed by atoms with E-state index in [4.69, 9.17) is 34.5 Å². The van der Waals surface area contributed by atoms with Gasteiger partial charge in [-0.25, -0.2) is 0 Å². The van der Waals surface area contributed by atoms with Crippen molar-refractivity contribution in [3.8, 4) is 11.1 Å². The van der Waals surface area contributed by atoms with E-state index in [2.05, 4.69) is 61.8 Å². The summed E-state index contributed by atoms with van der Waals surface area (Å²) in [5.74, 6) is 1.45. The largest absolute Gasteiger partial charge is 0.373 e. The van der Waals surface area contributed by atoms with Crippen LogP contribution in [0.1, 0.15) is 290 Å². The van der Waals surface area contributed by atoms with Crippen LogP contribution in [0, 0.1) is 87.8 Å². The van der Waals surface area contributed by atoms with E-state index in [1.165, 1.54) is 25.5 Å². The van der Waals surface area contributed by atoms with Crippen LogP contribution in [0.3, 0.4) is 0 Å². The average Bonchev–Trinajstić information content (AvgIpc) is 1.55. The summed E-state index contributed by atoms with van der Waals surface area (Å²) in [6.45, 7) is 55.2. The van der Waals surface area contributed by atoms with E-state index in [9.17, 15) is 63.6 Å². The molecule has 8 aromatic rings. The van der Waals surface area contributed by atoms with Gasteiger partial charge in [-0.1, -0.05) is 377 Å². The fourth-order valence-electron chi connectivity index (χ4n) is 16.3. The first kappa shape index (κ1) is 122. The van der Waals surface area contributed by atoms with Gasteiger partial charge < -0.3 is 48.7 Å². The summed E-state index contributed by atoms with van der Waals surface area (Å²) >= 11 is 5.98. The van der Waals surface area contributed by atoms with Crippen LogP contribution in [0.4, 0.5) is 0 Å². The van der Waals surface area contributed by atoms with Crippen molar-refractivity contribution in [2.24, 2.45) is 111 Å². The second-order valence-electron chi connectivity index (χ2n) is 41.9. The highest BCUT2D eigenvalue weighted by Crippen LogP contribution is 2.48. The molecule has 0 amide bonds. The van der Waals surface area contributed by atoms with E-state index < -0.39 is 22.4 Å². The van der Waals surface area contributed by atoms with Gasteiger partial charge in [-0.15, -0.1) is 0 Å². The number of hydrogen-bond donors (Lipinski definition) is 9. The standard InChI is InChI=1S/C17H18O2.C16H16ClNO2.C16H15NO2.C16H17NO2.2C11H21NO.C10H21NO.2C9H19NO/c1-13(2)16(18)17(19,14-9-5-3-6-10-14)15-11-7-4-8-12-15;1-11(2)15(19)16(20,13-6-4-8-18-10-13)12-5-3-7-14(17)9-12;1-10(2)15(18)16(19)13-8-4-3-6-11(13)12-7-5-9-17-14(12)16;1-12(2)15(18)16(19,13-8-4-3-5-9-13)14-10-6-7-11-17-14;1-7(2)9-5-6-12-10(9)11(13)8(3)4;1-8(2)11(13)10(12)9-6-4-3-5-7-9;1-7(2)9(12)8(11)6-10(3,4)5;1-6(2)7(11)8(10)9(3,4)5;1-5-7(4)8(10)9(11)6(2)3/h3-13,19H,1-2H3;3-11,20H,1-2H3;3-10,19H,1-2H3;3-12,19H,1-2H3;7-10,12H,5-6H2,1-4H3;8-10H,3-7,12H2,1-2H3;7-8H,6,11H2,1-5H3;6,8H,10H2,1-5H3;6-8H,5,10H2,1-4H3. The van der Waals surface area contributed by atoms with Crippen LogP contribution in [0.15, 0.2) is 207 Å². The second-order valence-corrected chi connectivity index (χ2v) is 42.3. The van der Waals surface area contributed by atoms with Gasteiger partial charge >= 0.3 is 0 Å². The zero-order valence-electron chi connectivity index (χ0n) is 87.4. The number of nitrogens with two attached hydrogens (primary N) is 4. The Hall–Kier alpha value is -9.49. The molecule has 10 unspecified atom stereocenters. The summed E-state index contributed by atoms with van der Waals surface area (Å²) in [6.07, 6.45) is 15.3. The molecule has 2 aliphatic carbocycles. The van der Waals surface area contributed by atoms with Gasteiger partial charge in [0.15, 0.2) is 74.5 Å². The molecule has 3 aliphatic rings.